The van der Waals surface area contributed by atoms with E-state index in [1.807, 2.05) is 12.3 Å². The van der Waals surface area contributed by atoms with Crippen molar-refractivity contribution in [3.8, 4) is 0 Å². The van der Waals surface area contributed by atoms with Crippen LogP contribution in [0.5, 0.6) is 0 Å². The van der Waals surface area contributed by atoms with Crippen LogP contribution in [0.4, 0.5) is 0 Å². The number of nitrogens with zero attached hydrogens (tertiary/aromatic N) is 2. The van der Waals surface area contributed by atoms with Crippen LogP contribution in [0.1, 0.15) is 27.8 Å². The van der Waals surface area contributed by atoms with Crippen LogP contribution in [0, 0.1) is 6.92 Å². The maximum Gasteiger partial charge on any atom is 0.226 e. The Morgan fingerprint density at radius 3 is 2.71 bits per heavy atom. The normalized spacial score (nSPS) is 10.8. The van der Waals surface area contributed by atoms with E-state index in [1.54, 1.807) is 22.7 Å². The van der Waals surface area contributed by atoms with Gasteiger partial charge in [0, 0.05) is 35.8 Å². The van der Waals surface area contributed by atoms with Crippen LogP contribution in [0.3, 0.4) is 0 Å². The first-order valence-corrected chi connectivity index (χ1v) is 8.74. The molecule has 0 aliphatic rings. The summed E-state index contributed by atoms with van der Waals surface area (Å²) in [5, 5.41) is 9.04. The molecular formula is C14H20N4OS2. The summed E-state index contributed by atoms with van der Waals surface area (Å²) in [5.41, 5.74) is 7.38. The molecule has 0 fully saturated rings. The Labute approximate surface area is 132 Å². The summed E-state index contributed by atoms with van der Waals surface area (Å²) in [6.45, 7) is 3.27. The van der Waals surface area contributed by atoms with E-state index in [9.17, 15) is 4.79 Å². The van der Waals surface area contributed by atoms with Gasteiger partial charge >= 0.3 is 0 Å². The maximum absolute atomic E-state index is 11.8. The third-order valence-electron chi connectivity index (χ3n) is 2.86. The van der Waals surface area contributed by atoms with E-state index >= 15 is 0 Å². The number of hydrogen-bond donors (Lipinski definition) is 2. The zero-order valence-corrected chi connectivity index (χ0v) is 13.7. The maximum atomic E-state index is 11.8. The average Bonchev–Trinajstić information content (AvgIpc) is 3.05. The third kappa shape index (κ3) is 5.53. The Kier molecular flexibility index (Phi) is 6.28. The van der Waals surface area contributed by atoms with Crippen molar-refractivity contribution in [2.75, 3.05) is 13.1 Å². The standard InChI is InChI=1S/C14H20N4OS2/c1-10-8-20-13(17-10)3-2-6-16-12(19)7-11-9-21-14(18-11)4-5-15/h8-9H,2-7,15H2,1H3,(H,16,19). The minimum absolute atomic E-state index is 0.0231. The fourth-order valence-corrected chi connectivity index (χ4v) is 3.51. The minimum atomic E-state index is 0.0231. The Bertz CT molecular complexity index is 579. The van der Waals surface area contributed by atoms with Gasteiger partial charge in [-0.25, -0.2) is 9.97 Å². The van der Waals surface area contributed by atoms with Crippen molar-refractivity contribution >= 4 is 28.6 Å². The van der Waals surface area contributed by atoms with Crippen molar-refractivity contribution in [2.45, 2.75) is 32.6 Å². The van der Waals surface area contributed by atoms with Crippen LogP contribution >= 0.6 is 22.7 Å². The third-order valence-corrected chi connectivity index (χ3v) is 4.84. The lowest BCUT2D eigenvalue weighted by molar-refractivity contribution is -0.120. The molecule has 0 aromatic carbocycles. The molecule has 0 bridgehead atoms. The first kappa shape index (κ1) is 16.1. The number of hydrogen-bond acceptors (Lipinski definition) is 6. The fraction of sp³-hybridized carbons (Fsp3) is 0.500. The number of thiazole rings is 2. The lowest BCUT2D eigenvalue weighted by atomic mass is 10.3. The van der Waals surface area contributed by atoms with Crippen molar-refractivity contribution in [1.29, 1.82) is 0 Å². The average molecular weight is 324 g/mol. The summed E-state index contributed by atoms with van der Waals surface area (Å²) in [5.74, 6) is 0.0231. The summed E-state index contributed by atoms with van der Waals surface area (Å²) in [4.78, 5) is 20.6. The molecule has 1 amide bonds. The zero-order chi connectivity index (χ0) is 15.1. The van der Waals surface area contributed by atoms with Gasteiger partial charge in [-0.15, -0.1) is 22.7 Å². The summed E-state index contributed by atoms with van der Waals surface area (Å²) in [6, 6.07) is 0. The first-order chi connectivity index (χ1) is 10.2. The van der Waals surface area contributed by atoms with E-state index in [1.165, 1.54) is 0 Å². The number of amides is 1. The summed E-state index contributed by atoms with van der Waals surface area (Å²) >= 11 is 3.24. The molecule has 2 aromatic heterocycles. The van der Waals surface area contributed by atoms with Crippen LogP contribution in [0.2, 0.25) is 0 Å². The Morgan fingerprint density at radius 2 is 2.00 bits per heavy atom. The van der Waals surface area contributed by atoms with Crippen LogP contribution < -0.4 is 11.1 Å². The van der Waals surface area contributed by atoms with E-state index in [2.05, 4.69) is 20.7 Å². The SMILES string of the molecule is Cc1csc(CCCNC(=O)Cc2csc(CCN)n2)n1. The zero-order valence-electron chi connectivity index (χ0n) is 12.1. The van der Waals surface area contributed by atoms with Gasteiger partial charge < -0.3 is 11.1 Å². The summed E-state index contributed by atoms with van der Waals surface area (Å²) in [6.07, 6.45) is 2.95. The largest absolute Gasteiger partial charge is 0.356 e. The van der Waals surface area contributed by atoms with E-state index in [0.717, 1.165) is 40.7 Å². The van der Waals surface area contributed by atoms with Crippen molar-refractivity contribution < 1.29 is 4.79 Å². The highest BCUT2D eigenvalue weighted by atomic mass is 32.1. The van der Waals surface area contributed by atoms with Gasteiger partial charge in [0.05, 0.1) is 22.1 Å². The first-order valence-electron chi connectivity index (χ1n) is 6.98. The predicted molar refractivity (Wildman–Crippen MR) is 86.8 cm³/mol. The molecule has 2 heterocycles. The molecule has 0 unspecified atom stereocenters. The number of nitrogens with two attached hydrogens (primary N) is 1. The van der Waals surface area contributed by atoms with E-state index in [4.69, 9.17) is 5.73 Å². The molecule has 0 atom stereocenters. The highest BCUT2D eigenvalue weighted by molar-refractivity contribution is 7.09. The molecule has 114 valence electrons. The highest BCUT2D eigenvalue weighted by Gasteiger charge is 2.07. The molecule has 0 aliphatic carbocycles. The molecule has 0 saturated heterocycles. The van der Waals surface area contributed by atoms with Gasteiger partial charge in [0.1, 0.15) is 0 Å². The van der Waals surface area contributed by atoms with Gasteiger partial charge in [-0.05, 0) is 19.9 Å². The van der Waals surface area contributed by atoms with Crippen molar-refractivity contribution in [3.63, 3.8) is 0 Å². The van der Waals surface area contributed by atoms with Gasteiger partial charge in [0.2, 0.25) is 5.91 Å². The second-order valence-electron chi connectivity index (χ2n) is 4.78. The van der Waals surface area contributed by atoms with Gasteiger partial charge in [-0.3, -0.25) is 4.79 Å². The molecule has 5 nitrogen and oxygen atoms in total. The van der Waals surface area contributed by atoms with Crippen LogP contribution in [-0.4, -0.2) is 29.0 Å². The van der Waals surface area contributed by atoms with E-state index in [0.29, 0.717) is 19.5 Å². The van der Waals surface area contributed by atoms with Gasteiger partial charge in [0.15, 0.2) is 0 Å². The van der Waals surface area contributed by atoms with Crippen LogP contribution in [0.25, 0.3) is 0 Å². The van der Waals surface area contributed by atoms with Crippen LogP contribution in [0.15, 0.2) is 10.8 Å². The van der Waals surface area contributed by atoms with E-state index < -0.39 is 0 Å². The number of aromatic nitrogens is 2. The van der Waals surface area contributed by atoms with Crippen LogP contribution in [-0.2, 0) is 24.1 Å². The topological polar surface area (TPSA) is 80.9 Å². The molecule has 21 heavy (non-hydrogen) atoms. The molecule has 3 N–H and O–H groups in total. The monoisotopic (exact) mass is 324 g/mol. The number of nitrogens with one attached hydrogen (secondary N) is 1. The van der Waals surface area contributed by atoms with Crippen molar-refractivity contribution in [3.05, 3.63) is 32.2 Å². The molecular weight excluding hydrogens is 304 g/mol. The Hall–Kier alpha value is -1.31. The Balaban J connectivity index is 1.64. The lowest BCUT2D eigenvalue weighted by Gasteiger charge is -2.02. The molecule has 0 saturated carbocycles. The van der Waals surface area contributed by atoms with Crippen molar-refractivity contribution in [1.82, 2.24) is 15.3 Å². The molecule has 0 spiro atoms. The second kappa shape index (κ2) is 8.21. The van der Waals surface area contributed by atoms with Crippen molar-refractivity contribution in [2.24, 2.45) is 5.73 Å². The molecule has 7 heteroatoms. The smallest absolute Gasteiger partial charge is 0.226 e. The molecule has 2 aromatic rings. The summed E-state index contributed by atoms with van der Waals surface area (Å²) in [7, 11) is 0. The molecule has 2 rings (SSSR count). The lowest BCUT2D eigenvalue weighted by Crippen LogP contribution is -2.26. The van der Waals surface area contributed by atoms with Gasteiger partial charge in [0.25, 0.3) is 0 Å². The number of aryl methyl sites for hydroxylation is 2. The number of rotatable bonds is 8. The fourth-order valence-electron chi connectivity index (χ4n) is 1.88. The highest BCUT2D eigenvalue weighted by Crippen LogP contribution is 2.11. The Morgan fingerprint density at radius 1 is 1.24 bits per heavy atom. The number of carbonyl (C=O) groups excluding carboxylic acids is 1. The molecule has 0 radical (unpaired) electrons. The van der Waals surface area contributed by atoms with Gasteiger partial charge in [-0.2, -0.15) is 0 Å². The van der Waals surface area contributed by atoms with E-state index in [-0.39, 0.29) is 5.91 Å². The van der Waals surface area contributed by atoms with Gasteiger partial charge in [-0.1, -0.05) is 0 Å². The second-order valence-corrected chi connectivity index (χ2v) is 6.67. The quantitative estimate of drug-likeness (QED) is 0.724. The minimum Gasteiger partial charge on any atom is -0.356 e. The molecule has 0 aliphatic heterocycles. The summed E-state index contributed by atoms with van der Waals surface area (Å²) < 4.78 is 0. The number of carbonyl (C=O) groups is 1. The predicted octanol–water partition coefficient (Wildman–Crippen LogP) is 1.70.